The van der Waals surface area contributed by atoms with Gasteiger partial charge in [0.15, 0.2) is 5.16 Å². The molecule has 3 aromatic heterocycles. The summed E-state index contributed by atoms with van der Waals surface area (Å²) < 4.78 is 3.16. The molecular formula is C29H26ClN5O2S. The van der Waals surface area contributed by atoms with Gasteiger partial charge in [-0.2, -0.15) is 0 Å². The van der Waals surface area contributed by atoms with Gasteiger partial charge in [-0.15, -0.1) is 0 Å². The van der Waals surface area contributed by atoms with Crippen LogP contribution in [0.1, 0.15) is 30.5 Å². The number of hydrogen-bond acceptors (Lipinski definition) is 6. The second-order valence-corrected chi connectivity index (χ2v) is 10.8. The fraction of sp³-hybridized carbons (Fsp3) is 0.241. The number of thioether (sulfide) groups is 1. The van der Waals surface area contributed by atoms with Crippen molar-refractivity contribution in [2.75, 3.05) is 18.0 Å². The molecule has 1 saturated heterocycles. The first-order valence-electron chi connectivity index (χ1n) is 12.7. The highest BCUT2D eigenvalue weighted by Crippen LogP contribution is 2.26. The Labute approximate surface area is 228 Å². The van der Waals surface area contributed by atoms with E-state index in [1.54, 1.807) is 22.9 Å². The molecule has 38 heavy (non-hydrogen) atoms. The predicted molar refractivity (Wildman–Crippen MR) is 154 cm³/mol. The molecule has 0 spiro atoms. The van der Waals surface area contributed by atoms with Crippen LogP contribution in [0.15, 0.2) is 87.7 Å². The van der Waals surface area contributed by atoms with Crippen molar-refractivity contribution in [1.82, 2.24) is 18.9 Å². The molecule has 2 aromatic carbocycles. The van der Waals surface area contributed by atoms with Gasteiger partial charge in [-0.3, -0.25) is 18.6 Å². The van der Waals surface area contributed by atoms with E-state index in [2.05, 4.69) is 16.0 Å². The minimum atomic E-state index is -0.202. The number of anilines is 1. The maximum absolute atomic E-state index is 13.9. The molecule has 0 N–H and O–H groups in total. The number of piperidine rings is 1. The van der Waals surface area contributed by atoms with Crippen LogP contribution in [0.3, 0.4) is 0 Å². The van der Waals surface area contributed by atoms with Crippen molar-refractivity contribution < 1.29 is 0 Å². The number of benzene rings is 2. The van der Waals surface area contributed by atoms with Crippen LogP contribution in [0.4, 0.5) is 5.69 Å². The Morgan fingerprint density at radius 3 is 2.53 bits per heavy atom. The number of fused-ring (bicyclic) bond motifs is 2. The van der Waals surface area contributed by atoms with E-state index in [0.717, 1.165) is 24.3 Å². The fourth-order valence-electron chi connectivity index (χ4n) is 4.89. The molecule has 0 atom stereocenters. The first-order valence-corrected chi connectivity index (χ1v) is 14.1. The molecule has 0 radical (unpaired) electrons. The number of pyridine rings is 1. The molecule has 0 aliphatic carbocycles. The van der Waals surface area contributed by atoms with Crippen molar-refractivity contribution >= 4 is 45.6 Å². The van der Waals surface area contributed by atoms with Crippen molar-refractivity contribution in [3.8, 4) is 0 Å². The van der Waals surface area contributed by atoms with Gasteiger partial charge >= 0.3 is 0 Å². The minimum absolute atomic E-state index is 0.0682. The lowest BCUT2D eigenvalue weighted by Crippen LogP contribution is -2.30. The summed E-state index contributed by atoms with van der Waals surface area (Å²) in [6.07, 6.45) is 5.15. The van der Waals surface area contributed by atoms with Crippen LogP contribution in [-0.2, 0) is 12.3 Å². The predicted octanol–water partition coefficient (Wildman–Crippen LogP) is 5.39. The standard InChI is InChI=1S/C29H26ClN5O2S/c30-21-9-12-26-31-22(15-27(36)34(26)18-21)19-38-29-32-25-11-10-23(33-13-5-2-6-14-33)16-24(25)28(37)35(29)17-20-7-3-1-4-8-20/h1,3-4,7-12,15-16,18H,2,5-6,13-14,17,19H2. The first-order chi connectivity index (χ1) is 18.5. The monoisotopic (exact) mass is 543 g/mol. The summed E-state index contributed by atoms with van der Waals surface area (Å²) in [4.78, 5) is 38.4. The zero-order valence-corrected chi connectivity index (χ0v) is 22.3. The number of nitrogens with zero attached hydrogens (tertiary/aromatic N) is 5. The van der Waals surface area contributed by atoms with E-state index in [4.69, 9.17) is 16.6 Å². The summed E-state index contributed by atoms with van der Waals surface area (Å²) >= 11 is 7.44. The van der Waals surface area contributed by atoms with E-state index in [1.807, 2.05) is 42.5 Å². The minimum Gasteiger partial charge on any atom is -0.372 e. The van der Waals surface area contributed by atoms with Gasteiger partial charge in [0, 0.05) is 36.8 Å². The molecule has 6 rings (SSSR count). The van der Waals surface area contributed by atoms with Gasteiger partial charge in [0.05, 0.1) is 28.2 Å². The van der Waals surface area contributed by atoms with E-state index in [1.165, 1.54) is 41.5 Å². The van der Waals surface area contributed by atoms with Crippen LogP contribution in [0, 0.1) is 0 Å². The third-order valence-electron chi connectivity index (χ3n) is 6.83. The molecule has 4 heterocycles. The molecule has 9 heteroatoms. The second kappa shape index (κ2) is 10.6. The van der Waals surface area contributed by atoms with Crippen LogP contribution >= 0.6 is 23.4 Å². The quantitative estimate of drug-likeness (QED) is 0.211. The lowest BCUT2D eigenvalue weighted by Gasteiger charge is -2.29. The number of aromatic nitrogens is 4. The van der Waals surface area contributed by atoms with Gasteiger partial charge in [0.25, 0.3) is 11.1 Å². The van der Waals surface area contributed by atoms with Gasteiger partial charge in [0.2, 0.25) is 0 Å². The van der Waals surface area contributed by atoms with Crippen molar-refractivity contribution in [2.45, 2.75) is 36.7 Å². The molecule has 1 aliphatic rings. The first kappa shape index (κ1) is 24.7. The normalized spacial score (nSPS) is 13.9. The fourth-order valence-corrected chi connectivity index (χ4v) is 5.94. The van der Waals surface area contributed by atoms with Crippen molar-refractivity contribution in [1.29, 1.82) is 0 Å². The van der Waals surface area contributed by atoms with Crippen LogP contribution < -0.4 is 16.0 Å². The zero-order chi connectivity index (χ0) is 26.1. The Kier molecular flexibility index (Phi) is 6.91. The number of halogens is 1. The molecule has 1 aliphatic heterocycles. The highest BCUT2D eigenvalue weighted by Gasteiger charge is 2.17. The molecule has 5 aromatic rings. The van der Waals surface area contributed by atoms with E-state index >= 15 is 0 Å². The zero-order valence-electron chi connectivity index (χ0n) is 20.7. The van der Waals surface area contributed by atoms with Gasteiger partial charge < -0.3 is 4.90 Å². The molecule has 0 saturated carbocycles. The Hall–Kier alpha value is -3.62. The summed E-state index contributed by atoms with van der Waals surface area (Å²) in [5, 5.41) is 1.68. The van der Waals surface area contributed by atoms with Crippen LogP contribution in [-0.4, -0.2) is 32.0 Å². The smallest absolute Gasteiger partial charge is 0.262 e. The number of rotatable bonds is 6. The lowest BCUT2D eigenvalue weighted by molar-refractivity contribution is 0.578. The Balaban J connectivity index is 1.39. The molecule has 0 amide bonds. The largest absolute Gasteiger partial charge is 0.372 e. The Bertz CT molecular complexity index is 1750. The third kappa shape index (κ3) is 5.06. The van der Waals surface area contributed by atoms with E-state index < -0.39 is 0 Å². The highest BCUT2D eigenvalue weighted by atomic mass is 35.5. The van der Waals surface area contributed by atoms with E-state index in [0.29, 0.717) is 44.7 Å². The number of hydrogen-bond donors (Lipinski definition) is 0. The van der Waals surface area contributed by atoms with E-state index in [9.17, 15) is 9.59 Å². The average Bonchev–Trinajstić information content (AvgIpc) is 2.95. The third-order valence-corrected chi connectivity index (χ3v) is 8.07. The van der Waals surface area contributed by atoms with Crippen LogP contribution in [0.5, 0.6) is 0 Å². The second-order valence-electron chi connectivity index (χ2n) is 9.47. The lowest BCUT2D eigenvalue weighted by atomic mass is 10.1. The molecule has 192 valence electrons. The molecule has 7 nitrogen and oxygen atoms in total. The summed E-state index contributed by atoms with van der Waals surface area (Å²) in [6.45, 7) is 2.43. The average molecular weight is 544 g/mol. The summed E-state index contributed by atoms with van der Waals surface area (Å²) in [7, 11) is 0. The molecule has 1 fully saturated rings. The van der Waals surface area contributed by atoms with Crippen molar-refractivity contribution in [3.05, 3.63) is 110 Å². The Morgan fingerprint density at radius 2 is 1.71 bits per heavy atom. The van der Waals surface area contributed by atoms with Gasteiger partial charge in [-0.1, -0.05) is 53.7 Å². The molecular weight excluding hydrogens is 518 g/mol. The van der Waals surface area contributed by atoms with Crippen LogP contribution in [0.25, 0.3) is 16.6 Å². The maximum Gasteiger partial charge on any atom is 0.262 e. The van der Waals surface area contributed by atoms with Crippen molar-refractivity contribution in [2.24, 2.45) is 0 Å². The SMILES string of the molecule is O=c1c2cc(N3CCCCC3)ccc2nc(SCc2cc(=O)n3cc(Cl)ccc3n2)n1Cc1ccccc1. The van der Waals surface area contributed by atoms with Gasteiger partial charge in [-0.05, 0) is 55.2 Å². The summed E-state index contributed by atoms with van der Waals surface area (Å²) in [5.74, 6) is 0.396. The van der Waals surface area contributed by atoms with Gasteiger partial charge in [0.1, 0.15) is 5.65 Å². The summed E-state index contributed by atoms with van der Waals surface area (Å²) in [5.41, 5.74) is 3.63. The molecule has 0 unspecified atom stereocenters. The topological polar surface area (TPSA) is 72.5 Å². The van der Waals surface area contributed by atoms with Crippen LogP contribution in [0.2, 0.25) is 5.02 Å². The van der Waals surface area contributed by atoms with E-state index in [-0.39, 0.29) is 11.1 Å². The Morgan fingerprint density at radius 1 is 0.895 bits per heavy atom. The van der Waals surface area contributed by atoms with Gasteiger partial charge in [-0.25, -0.2) is 9.97 Å². The summed E-state index contributed by atoms with van der Waals surface area (Å²) in [6, 6.07) is 20.8. The highest BCUT2D eigenvalue weighted by molar-refractivity contribution is 7.98. The van der Waals surface area contributed by atoms with Crippen molar-refractivity contribution in [3.63, 3.8) is 0 Å². The maximum atomic E-state index is 13.9. The molecule has 0 bridgehead atoms.